The van der Waals surface area contributed by atoms with E-state index >= 15 is 0 Å². The van der Waals surface area contributed by atoms with E-state index in [4.69, 9.17) is 0 Å². The Hall–Kier alpha value is -0.940. The highest BCUT2D eigenvalue weighted by atomic mass is 32.2. The average Bonchev–Trinajstić information content (AvgIpc) is 2.34. The van der Waals surface area contributed by atoms with E-state index in [-0.39, 0.29) is 11.5 Å². The van der Waals surface area contributed by atoms with Crippen LogP contribution in [0.25, 0.3) is 0 Å². The van der Waals surface area contributed by atoms with Crippen molar-refractivity contribution in [2.24, 2.45) is 5.92 Å². The highest BCUT2D eigenvalue weighted by Crippen LogP contribution is 2.03. The first-order valence-corrected chi connectivity index (χ1v) is 8.13. The summed E-state index contributed by atoms with van der Waals surface area (Å²) in [5, 5.41) is 3.10. The minimum absolute atomic E-state index is 0.201. The number of sulfone groups is 1. The summed E-state index contributed by atoms with van der Waals surface area (Å²) in [5.74, 6) is 0.920. The van der Waals surface area contributed by atoms with Gasteiger partial charge in [0.1, 0.15) is 0 Å². The number of hydrogen-bond acceptors (Lipinski definition) is 4. The molecular weight excluding hydrogens is 248 g/mol. The minimum Gasteiger partial charge on any atom is -0.310 e. The molecule has 1 heterocycles. The predicted octanol–water partition coefficient (Wildman–Crippen LogP) is 1.63. The van der Waals surface area contributed by atoms with Crippen molar-refractivity contribution >= 4 is 9.84 Å². The van der Waals surface area contributed by atoms with Crippen LogP contribution in [0.1, 0.15) is 26.0 Å². The van der Waals surface area contributed by atoms with Crippen LogP contribution in [0, 0.1) is 5.92 Å². The van der Waals surface area contributed by atoms with Gasteiger partial charge in [0, 0.05) is 19.3 Å². The van der Waals surface area contributed by atoms with Gasteiger partial charge in [0.15, 0.2) is 9.84 Å². The van der Waals surface area contributed by atoms with Gasteiger partial charge in [0.05, 0.1) is 17.2 Å². The number of nitrogens with zero attached hydrogens (tertiary/aromatic N) is 1. The van der Waals surface area contributed by atoms with Crippen molar-refractivity contribution in [1.29, 1.82) is 0 Å². The Balaban J connectivity index is 2.21. The second kappa shape index (κ2) is 7.48. The third-order valence-corrected chi connectivity index (χ3v) is 4.31. The molecule has 1 N–H and O–H groups in total. The summed E-state index contributed by atoms with van der Waals surface area (Å²) < 4.78 is 23.4. The third kappa shape index (κ3) is 6.71. The van der Waals surface area contributed by atoms with Gasteiger partial charge in [-0.2, -0.15) is 0 Å². The van der Waals surface area contributed by atoms with Gasteiger partial charge in [-0.05, 0) is 24.5 Å². The summed E-state index contributed by atoms with van der Waals surface area (Å²) in [6, 6.07) is 5.70. The molecule has 0 amide bonds. The van der Waals surface area contributed by atoms with Crippen LogP contribution in [0.3, 0.4) is 0 Å². The molecule has 0 aliphatic heterocycles. The number of nitrogens with one attached hydrogen (secondary N) is 1. The smallest absolute Gasteiger partial charge is 0.151 e. The van der Waals surface area contributed by atoms with Crippen molar-refractivity contribution in [2.75, 3.05) is 18.1 Å². The molecule has 102 valence electrons. The summed E-state index contributed by atoms with van der Waals surface area (Å²) in [6.07, 6.45) is 2.47. The van der Waals surface area contributed by atoms with Crippen molar-refractivity contribution in [2.45, 2.75) is 26.8 Å². The minimum atomic E-state index is -2.91. The monoisotopic (exact) mass is 270 g/mol. The van der Waals surface area contributed by atoms with Crippen LogP contribution in [0.4, 0.5) is 0 Å². The van der Waals surface area contributed by atoms with Crippen LogP contribution in [0.5, 0.6) is 0 Å². The number of pyridine rings is 1. The lowest BCUT2D eigenvalue weighted by Gasteiger charge is -2.07. The van der Waals surface area contributed by atoms with Gasteiger partial charge in [-0.3, -0.25) is 4.98 Å². The Morgan fingerprint density at radius 1 is 1.28 bits per heavy atom. The lowest BCUT2D eigenvalue weighted by molar-refractivity contribution is 0.569. The molecule has 0 aliphatic rings. The van der Waals surface area contributed by atoms with E-state index in [1.165, 1.54) is 0 Å². The molecule has 1 aromatic heterocycles. The first-order chi connectivity index (χ1) is 8.49. The van der Waals surface area contributed by atoms with Gasteiger partial charge in [0.2, 0.25) is 0 Å². The maximum absolute atomic E-state index is 11.7. The summed E-state index contributed by atoms with van der Waals surface area (Å²) in [4.78, 5) is 4.16. The van der Waals surface area contributed by atoms with Crippen molar-refractivity contribution in [3.63, 3.8) is 0 Å². The second-order valence-corrected chi connectivity index (χ2v) is 7.14. The molecule has 0 fully saturated rings. The highest BCUT2D eigenvalue weighted by molar-refractivity contribution is 7.91. The predicted molar refractivity (Wildman–Crippen MR) is 74.1 cm³/mol. The zero-order valence-corrected chi connectivity index (χ0v) is 11.9. The van der Waals surface area contributed by atoms with E-state index in [1.807, 2.05) is 32.0 Å². The van der Waals surface area contributed by atoms with Gasteiger partial charge < -0.3 is 5.32 Å². The van der Waals surface area contributed by atoms with E-state index in [0.717, 1.165) is 12.1 Å². The lowest BCUT2D eigenvalue weighted by atomic mass is 10.2. The fourth-order valence-corrected chi connectivity index (χ4v) is 2.95. The average molecular weight is 270 g/mol. The van der Waals surface area contributed by atoms with Gasteiger partial charge >= 0.3 is 0 Å². The van der Waals surface area contributed by atoms with Gasteiger partial charge in [0.25, 0.3) is 0 Å². The Morgan fingerprint density at radius 2 is 2.06 bits per heavy atom. The second-order valence-electron chi connectivity index (χ2n) is 4.83. The largest absolute Gasteiger partial charge is 0.310 e. The number of hydrogen-bond donors (Lipinski definition) is 1. The van der Waals surface area contributed by atoms with Crippen molar-refractivity contribution in [3.8, 4) is 0 Å². The van der Waals surface area contributed by atoms with Crippen LogP contribution >= 0.6 is 0 Å². The summed E-state index contributed by atoms with van der Waals surface area (Å²) in [7, 11) is -2.91. The van der Waals surface area contributed by atoms with Crippen molar-refractivity contribution in [3.05, 3.63) is 30.1 Å². The molecule has 0 atom stereocenters. The Morgan fingerprint density at radius 3 is 2.67 bits per heavy atom. The van der Waals surface area contributed by atoms with E-state index in [0.29, 0.717) is 19.0 Å². The topological polar surface area (TPSA) is 59.1 Å². The molecular formula is C13H22N2O2S. The molecule has 1 rings (SSSR count). The fraction of sp³-hybridized carbons (Fsp3) is 0.615. The van der Waals surface area contributed by atoms with Crippen LogP contribution in [0.15, 0.2) is 24.4 Å². The van der Waals surface area contributed by atoms with E-state index in [2.05, 4.69) is 10.3 Å². The fourth-order valence-electron chi connectivity index (χ4n) is 1.46. The zero-order valence-electron chi connectivity index (χ0n) is 11.1. The molecule has 0 spiro atoms. The molecule has 18 heavy (non-hydrogen) atoms. The molecule has 0 unspecified atom stereocenters. The normalized spacial score (nSPS) is 11.9. The zero-order chi connectivity index (χ0) is 13.4. The maximum Gasteiger partial charge on any atom is 0.151 e. The summed E-state index contributed by atoms with van der Waals surface area (Å²) >= 11 is 0. The molecule has 0 aromatic carbocycles. The maximum atomic E-state index is 11.7. The summed E-state index contributed by atoms with van der Waals surface area (Å²) in [5.41, 5.74) is 0.928. The summed E-state index contributed by atoms with van der Waals surface area (Å²) in [6.45, 7) is 5.17. The molecule has 0 saturated heterocycles. The molecule has 0 aliphatic carbocycles. The Labute approximate surface area is 110 Å². The van der Waals surface area contributed by atoms with Crippen molar-refractivity contribution < 1.29 is 8.42 Å². The van der Waals surface area contributed by atoms with Gasteiger partial charge in [-0.1, -0.05) is 19.9 Å². The first kappa shape index (κ1) is 15.1. The van der Waals surface area contributed by atoms with Crippen LogP contribution in [0.2, 0.25) is 0 Å². The molecule has 0 saturated carbocycles. The van der Waals surface area contributed by atoms with Crippen LogP contribution < -0.4 is 5.32 Å². The van der Waals surface area contributed by atoms with E-state index in [9.17, 15) is 8.42 Å². The van der Waals surface area contributed by atoms with Crippen LogP contribution in [-0.2, 0) is 16.4 Å². The molecule has 1 aromatic rings. The standard InChI is InChI=1S/C13H22N2O2S/c1-12(2)6-9-18(16,17)10-8-14-11-13-5-3-4-7-15-13/h3-5,7,12,14H,6,8-11H2,1-2H3. The lowest BCUT2D eigenvalue weighted by Crippen LogP contribution is -2.24. The van der Waals surface area contributed by atoms with E-state index in [1.54, 1.807) is 6.20 Å². The number of aromatic nitrogens is 1. The molecule has 0 radical (unpaired) electrons. The van der Waals surface area contributed by atoms with Crippen LogP contribution in [-0.4, -0.2) is 31.5 Å². The van der Waals surface area contributed by atoms with Gasteiger partial charge in [-0.25, -0.2) is 8.42 Å². The van der Waals surface area contributed by atoms with E-state index < -0.39 is 9.84 Å². The quantitative estimate of drug-likeness (QED) is 0.729. The molecule has 0 bridgehead atoms. The SMILES string of the molecule is CC(C)CCS(=O)(=O)CCNCc1ccccn1. The van der Waals surface area contributed by atoms with Crippen molar-refractivity contribution in [1.82, 2.24) is 10.3 Å². The Bertz CT molecular complexity index is 430. The molecule has 5 heteroatoms. The molecule has 4 nitrogen and oxygen atoms in total. The van der Waals surface area contributed by atoms with Gasteiger partial charge in [-0.15, -0.1) is 0 Å². The highest BCUT2D eigenvalue weighted by Gasteiger charge is 2.10. The number of rotatable bonds is 8. The Kier molecular flexibility index (Phi) is 6.29. The third-order valence-electron chi connectivity index (χ3n) is 2.63. The first-order valence-electron chi connectivity index (χ1n) is 6.30.